The molecule has 3 N–H and O–H groups in total. The molecule has 0 saturated carbocycles. The van der Waals surface area contributed by atoms with E-state index in [-0.39, 0.29) is 12.5 Å². The van der Waals surface area contributed by atoms with Gasteiger partial charge in [0.1, 0.15) is 0 Å². The first-order valence-corrected chi connectivity index (χ1v) is 23.3. The van der Waals surface area contributed by atoms with Gasteiger partial charge in [-0.05, 0) is 70.6 Å². The SMILES string of the molecule is CC/C=C\C/C=C\C/C=C\C/C=C\C/C=C\C/C=C\C/C=C\CCCCCCCCCCCCCCCC(=O)NC(CO)C(O)CCCCCCCCCC. The molecule has 55 heavy (non-hydrogen) atoms. The highest BCUT2D eigenvalue weighted by molar-refractivity contribution is 5.76. The van der Waals surface area contributed by atoms with E-state index >= 15 is 0 Å². The lowest BCUT2D eigenvalue weighted by Gasteiger charge is -2.22. The summed E-state index contributed by atoms with van der Waals surface area (Å²) < 4.78 is 0. The van der Waals surface area contributed by atoms with Gasteiger partial charge in [-0.3, -0.25) is 4.79 Å². The Bertz CT molecular complexity index is 1000. The van der Waals surface area contributed by atoms with Crippen molar-refractivity contribution in [2.75, 3.05) is 6.61 Å². The van der Waals surface area contributed by atoms with Crippen LogP contribution in [0.4, 0.5) is 0 Å². The summed E-state index contributed by atoms with van der Waals surface area (Å²) in [6.45, 7) is 4.20. The molecule has 4 heteroatoms. The zero-order valence-corrected chi connectivity index (χ0v) is 36.2. The Balaban J connectivity index is 3.51. The third-order valence-electron chi connectivity index (χ3n) is 10.2. The highest BCUT2D eigenvalue weighted by Crippen LogP contribution is 2.15. The molecular formula is C51H89NO3. The molecule has 0 aliphatic rings. The molecule has 0 rings (SSSR count). The van der Waals surface area contributed by atoms with Crippen molar-refractivity contribution in [3.8, 4) is 0 Å². The van der Waals surface area contributed by atoms with Crippen molar-refractivity contribution in [1.29, 1.82) is 0 Å². The normalized spacial score (nSPS) is 13.7. The highest BCUT2D eigenvalue weighted by atomic mass is 16.3. The van der Waals surface area contributed by atoms with Crippen LogP contribution in [0.1, 0.15) is 213 Å². The lowest BCUT2D eigenvalue weighted by molar-refractivity contribution is -0.123. The molecule has 1 amide bonds. The minimum absolute atomic E-state index is 0.0395. The average Bonchev–Trinajstić information content (AvgIpc) is 3.19. The van der Waals surface area contributed by atoms with E-state index in [4.69, 9.17) is 0 Å². The van der Waals surface area contributed by atoms with Crippen molar-refractivity contribution in [1.82, 2.24) is 5.32 Å². The van der Waals surface area contributed by atoms with Gasteiger partial charge in [-0.2, -0.15) is 0 Å². The number of hydrogen-bond acceptors (Lipinski definition) is 3. The lowest BCUT2D eigenvalue weighted by atomic mass is 10.0. The number of allylic oxidation sites excluding steroid dienone is 14. The second-order valence-corrected chi connectivity index (χ2v) is 15.4. The fourth-order valence-corrected chi connectivity index (χ4v) is 6.63. The van der Waals surface area contributed by atoms with Gasteiger partial charge in [0.25, 0.3) is 0 Å². The first-order valence-electron chi connectivity index (χ1n) is 23.3. The maximum atomic E-state index is 12.4. The number of unbranched alkanes of at least 4 members (excludes halogenated alkanes) is 20. The molecule has 2 unspecified atom stereocenters. The zero-order valence-electron chi connectivity index (χ0n) is 36.2. The molecule has 0 radical (unpaired) electrons. The van der Waals surface area contributed by atoms with Crippen molar-refractivity contribution in [2.45, 2.75) is 225 Å². The minimum Gasteiger partial charge on any atom is -0.394 e. The average molecular weight is 764 g/mol. The molecular weight excluding hydrogens is 675 g/mol. The van der Waals surface area contributed by atoms with Crippen molar-refractivity contribution in [2.24, 2.45) is 0 Å². The summed E-state index contributed by atoms with van der Waals surface area (Å²) in [5.74, 6) is -0.0395. The van der Waals surface area contributed by atoms with E-state index in [1.807, 2.05) is 0 Å². The summed E-state index contributed by atoms with van der Waals surface area (Å²) in [6, 6.07) is -0.538. The van der Waals surface area contributed by atoms with Gasteiger partial charge in [0.2, 0.25) is 5.91 Å². The fraction of sp³-hybridized carbons (Fsp3) is 0.706. The van der Waals surface area contributed by atoms with Crippen molar-refractivity contribution < 1.29 is 15.0 Å². The number of aliphatic hydroxyl groups excluding tert-OH is 2. The van der Waals surface area contributed by atoms with Gasteiger partial charge in [-0.25, -0.2) is 0 Å². The molecule has 0 aromatic carbocycles. The van der Waals surface area contributed by atoms with Crippen LogP contribution in [0, 0.1) is 0 Å². The number of carbonyl (C=O) groups excluding carboxylic acids is 1. The van der Waals surface area contributed by atoms with Crippen LogP contribution in [-0.2, 0) is 4.79 Å². The molecule has 0 spiro atoms. The Hall–Kier alpha value is -2.43. The van der Waals surface area contributed by atoms with Crippen LogP contribution in [0.5, 0.6) is 0 Å². The quantitative estimate of drug-likeness (QED) is 0.0429. The third kappa shape index (κ3) is 42.6. The Kier molecular flexibility index (Phi) is 43.9. The van der Waals surface area contributed by atoms with Gasteiger partial charge >= 0.3 is 0 Å². The van der Waals surface area contributed by atoms with Crippen LogP contribution in [0.15, 0.2) is 85.1 Å². The third-order valence-corrected chi connectivity index (χ3v) is 10.2. The smallest absolute Gasteiger partial charge is 0.220 e. The van der Waals surface area contributed by atoms with Crippen molar-refractivity contribution >= 4 is 5.91 Å². The summed E-state index contributed by atoms with van der Waals surface area (Å²) in [4.78, 5) is 12.4. The summed E-state index contributed by atoms with van der Waals surface area (Å²) >= 11 is 0. The maximum Gasteiger partial charge on any atom is 0.220 e. The van der Waals surface area contributed by atoms with Crippen molar-refractivity contribution in [3.05, 3.63) is 85.1 Å². The number of aliphatic hydroxyl groups is 2. The zero-order chi connectivity index (χ0) is 40.0. The van der Waals surface area contributed by atoms with Gasteiger partial charge < -0.3 is 15.5 Å². The van der Waals surface area contributed by atoms with Gasteiger partial charge in [0.15, 0.2) is 0 Å². The van der Waals surface area contributed by atoms with Crippen LogP contribution >= 0.6 is 0 Å². The van der Waals surface area contributed by atoms with E-state index < -0.39 is 12.1 Å². The van der Waals surface area contributed by atoms with Gasteiger partial charge in [0, 0.05) is 6.42 Å². The number of carbonyl (C=O) groups is 1. The fourth-order valence-electron chi connectivity index (χ4n) is 6.63. The van der Waals surface area contributed by atoms with E-state index in [9.17, 15) is 15.0 Å². The van der Waals surface area contributed by atoms with E-state index in [1.54, 1.807) is 0 Å². The molecule has 0 aromatic heterocycles. The Morgan fingerprint density at radius 3 is 1.20 bits per heavy atom. The van der Waals surface area contributed by atoms with Gasteiger partial charge in [-0.15, -0.1) is 0 Å². The van der Waals surface area contributed by atoms with E-state index in [2.05, 4.69) is 104 Å². The largest absolute Gasteiger partial charge is 0.394 e. The number of nitrogens with one attached hydrogen (secondary N) is 1. The van der Waals surface area contributed by atoms with Crippen LogP contribution in [-0.4, -0.2) is 34.9 Å². The van der Waals surface area contributed by atoms with Crippen LogP contribution < -0.4 is 5.32 Å². The second kappa shape index (κ2) is 46.0. The van der Waals surface area contributed by atoms with Gasteiger partial charge in [-0.1, -0.05) is 221 Å². The molecule has 0 heterocycles. The predicted molar refractivity (Wildman–Crippen MR) is 243 cm³/mol. The van der Waals surface area contributed by atoms with Crippen LogP contribution in [0.3, 0.4) is 0 Å². The predicted octanol–water partition coefficient (Wildman–Crippen LogP) is 14.9. The number of hydrogen-bond donors (Lipinski definition) is 3. The molecule has 0 bridgehead atoms. The Morgan fingerprint density at radius 1 is 0.455 bits per heavy atom. The minimum atomic E-state index is -0.660. The Labute approximate surface area is 341 Å². The molecule has 2 atom stereocenters. The van der Waals surface area contributed by atoms with E-state index in [1.165, 1.54) is 116 Å². The van der Waals surface area contributed by atoms with E-state index in [0.29, 0.717) is 12.8 Å². The molecule has 4 nitrogen and oxygen atoms in total. The molecule has 0 aliphatic heterocycles. The first kappa shape index (κ1) is 52.6. The number of rotatable bonds is 41. The van der Waals surface area contributed by atoms with Crippen LogP contribution in [0.2, 0.25) is 0 Å². The Morgan fingerprint density at radius 2 is 0.800 bits per heavy atom. The summed E-state index contributed by atoms with van der Waals surface area (Å²) in [5.41, 5.74) is 0. The van der Waals surface area contributed by atoms with Crippen LogP contribution in [0.25, 0.3) is 0 Å². The summed E-state index contributed by atoms with van der Waals surface area (Å²) in [7, 11) is 0. The standard InChI is InChI=1S/C51H89NO3/c1-3-5-7-9-11-13-14-15-16-17-18-19-20-21-22-23-24-25-26-27-28-29-30-31-32-33-34-35-36-37-38-39-41-43-45-47-51(55)52-49(48-53)50(54)46-44-42-40-12-10-8-6-4-2/h5,7,11,13,15-16,18-19,21-22,24-25,27-28,49-50,53-54H,3-4,6,8-10,12,14,17,20,23,26,29-48H2,1-2H3,(H,52,55)/b7-5-,13-11-,16-15-,19-18-,22-21-,25-24-,28-27-. The molecule has 0 saturated heterocycles. The lowest BCUT2D eigenvalue weighted by Crippen LogP contribution is -2.45. The van der Waals surface area contributed by atoms with Gasteiger partial charge in [0.05, 0.1) is 18.8 Å². The molecule has 0 aromatic rings. The summed E-state index contributed by atoms with van der Waals surface area (Å²) in [5, 5.41) is 23.0. The highest BCUT2D eigenvalue weighted by Gasteiger charge is 2.20. The number of amides is 1. The molecule has 0 fully saturated rings. The maximum absolute atomic E-state index is 12.4. The monoisotopic (exact) mass is 764 g/mol. The van der Waals surface area contributed by atoms with E-state index in [0.717, 1.165) is 70.6 Å². The van der Waals surface area contributed by atoms with Crippen molar-refractivity contribution in [3.63, 3.8) is 0 Å². The first-order chi connectivity index (χ1) is 27.2. The molecule has 316 valence electrons. The topological polar surface area (TPSA) is 69.6 Å². The molecule has 0 aliphatic carbocycles. The second-order valence-electron chi connectivity index (χ2n) is 15.4. The summed E-state index contributed by atoms with van der Waals surface area (Å²) in [6.07, 6.45) is 66.9.